The minimum absolute atomic E-state index is 0.601. The average Bonchev–Trinajstić information content (AvgIpc) is 1.90. The van der Waals surface area contributed by atoms with Gasteiger partial charge in [0.2, 0.25) is 0 Å². The number of hydrogen-bond donors (Lipinski definition) is 2. The molecule has 58 valence electrons. The lowest BCUT2D eigenvalue weighted by molar-refractivity contribution is 0.383. The van der Waals surface area contributed by atoms with Gasteiger partial charge in [-0.05, 0) is 30.7 Å². The maximum atomic E-state index is 4.23. The van der Waals surface area contributed by atoms with E-state index in [0.717, 1.165) is 11.4 Å². The summed E-state index contributed by atoms with van der Waals surface area (Å²) in [7, 11) is 0. The zero-order valence-corrected chi connectivity index (χ0v) is 7.14. The summed E-state index contributed by atoms with van der Waals surface area (Å²) in [5, 5.41) is 3.36. The van der Waals surface area contributed by atoms with Crippen LogP contribution in [0.2, 0.25) is 0 Å². The summed E-state index contributed by atoms with van der Waals surface area (Å²) in [5.74, 6) is 0. The molecule has 1 saturated heterocycles. The van der Waals surface area contributed by atoms with Crippen molar-refractivity contribution in [2.45, 2.75) is 17.4 Å². The van der Waals surface area contributed by atoms with Crippen LogP contribution in [0.15, 0.2) is 29.2 Å². The molecule has 0 amide bonds. The molecule has 2 rings (SSSR count). The third-order valence-corrected chi connectivity index (χ3v) is 2.42. The van der Waals surface area contributed by atoms with Gasteiger partial charge >= 0.3 is 0 Å². The van der Waals surface area contributed by atoms with Gasteiger partial charge in [0, 0.05) is 10.9 Å². The van der Waals surface area contributed by atoms with E-state index in [4.69, 9.17) is 0 Å². The van der Waals surface area contributed by atoms with Gasteiger partial charge in [-0.1, -0.05) is 12.1 Å². The lowest BCUT2D eigenvalue weighted by Gasteiger charge is -2.27. The van der Waals surface area contributed by atoms with Crippen molar-refractivity contribution < 1.29 is 0 Å². The van der Waals surface area contributed by atoms with E-state index in [9.17, 15) is 0 Å². The normalized spacial score (nSPS) is 22.8. The van der Waals surface area contributed by atoms with Crippen molar-refractivity contribution in [2.24, 2.45) is 0 Å². The molecular formula is C9H11NS. The summed E-state index contributed by atoms with van der Waals surface area (Å²) in [6.45, 7) is 1.16. The maximum Gasteiger partial charge on any atom is 0.0332 e. The minimum atomic E-state index is 0.601. The van der Waals surface area contributed by atoms with Gasteiger partial charge in [0.05, 0.1) is 0 Å². The standard InChI is InChI=1S/C9H11NS/c11-8-3-1-7(2-4-8)9-5-6-10-9/h1-4,9-11H,5-6H2. The van der Waals surface area contributed by atoms with Crippen LogP contribution in [-0.2, 0) is 0 Å². The molecule has 0 radical (unpaired) electrons. The molecule has 1 atom stereocenters. The first-order chi connectivity index (χ1) is 5.36. The van der Waals surface area contributed by atoms with Crippen LogP contribution in [0.3, 0.4) is 0 Å². The highest BCUT2D eigenvalue weighted by Crippen LogP contribution is 2.23. The third kappa shape index (κ3) is 1.42. The monoisotopic (exact) mass is 165 g/mol. The second kappa shape index (κ2) is 2.88. The fourth-order valence-electron chi connectivity index (χ4n) is 1.28. The van der Waals surface area contributed by atoms with E-state index >= 15 is 0 Å². The smallest absolute Gasteiger partial charge is 0.0332 e. The summed E-state index contributed by atoms with van der Waals surface area (Å²) < 4.78 is 0. The molecule has 0 aliphatic carbocycles. The molecule has 1 fully saturated rings. The highest BCUT2D eigenvalue weighted by atomic mass is 32.1. The lowest BCUT2D eigenvalue weighted by Crippen LogP contribution is -2.34. The van der Waals surface area contributed by atoms with Crippen LogP contribution in [0.4, 0.5) is 0 Å². The molecule has 0 spiro atoms. The molecule has 2 heteroatoms. The van der Waals surface area contributed by atoms with E-state index in [1.165, 1.54) is 12.0 Å². The summed E-state index contributed by atoms with van der Waals surface area (Å²) in [4.78, 5) is 1.04. The molecule has 1 N–H and O–H groups in total. The number of rotatable bonds is 1. The molecule has 1 nitrogen and oxygen atoms in total. The Hall–Kier alpha value is -0.470. The van der Waals surface area contributed by atoms with Crippen LogP contribution in [-0.4, -0.2) is 6.54 Å². The zero-order chi connectivity index (χ0) is 7.68. The van der Waals surface area contributed by atoms with Gasteiger partial charge in [-0.15, -0.1) is 12.6 Å². The van der Waals surface area contributed by atoms with Crippen molar-refractivity contribution in [2.75, 3.05) is 6.54 Å². The highest BCUT2D eigenvalue weighted by Gasteiger charge is 2.17. The van der Waals surface area contributed by atoms with Gasteiger partial charge in [-0.3, -0.25) is 0 Å². The molecule has 0 saturated carbocycles. The summed E-state index contributed by atoms with van der Waals surface area (Å²) in [5.41, 5.74) is 1.38. The fraction of sp³-hybridized carbons (Fsp3) is 0.333. The van der Waals surface area contributed by atoms with E-state index in [0.29, 0.717) is 6.04 Å². The first kappa shape index (κ1) is 7.19. The van der Waals surface area contributed by atoms with E-state index in [2.05, 4.69) is 30.1 Å². The second-order valence-corrected chi connectivity index (χ2v) is 3.40. The molecule has 1 heterocycles. The summed E-state index contributed by atoms with van der Waals surface area (Å²) >= 11 is 4.23. The van der Waals surface area contributed by atoms with Crippen molar-refractivity contribution in [3.05, 3.63) is 29.8 Å². The number of benzene rings is 1. The van der Waals surface area contributed by atoms with Crippen LogP contribution in [0.5, 0.6) is 0 Å². The Balaban J connectivity index is 2.18. The number of hydrogen-bond acceptors (Lipinski definition) is 2. The van der Waals surface area contributed by atoms with Gasteiger partial charge in [0.1, 0.15) is 0 Å². The van der Waals surface area contributed by atoms with Crippen LogP contribution in [0, 0.1) is 0 Å². The quantitative estimate of drug-likeness (QED) is 0.607. The highest BCUT2D eigenvalue weighted by molar-refractivity contribution is 7.80. The van der Waals surface area contributed by atoms with Gasteiger partial charge in [0.25, 0.3) is 0 Å². The van der Waals surface area contributed by atoms with Gasteiger partial charge in [-0.2, -0.15) is 0 Å². The predicted molar refractivity (Wildman–Crippen MR) is 49.1 cm³/mol. The zero-order valence-electron chi connectivity index (χ0n) is 6.25. The predicted octanol–water partition coefficient (Wildman–Crippen LogP) is 2.01. The molecular weight excluding hydrogens is 154 g/mol. The molecule has 1 unspecified atom stereocenters. The largest absolute Gasteiger partial charge is 0.310 e. The Morgan fingerprint density at radius 3 is 2.36 bits per heavy atom. The van der Waals surface area contributed by atoms with Gasteiger partial charge < -0.3 is 5.32 Å². The number of thiol groups is 1. The Morgan fingerprint density at radius 1 is 1.27 bits per heavy atom. The fourth-order valence-corrected chi connectivity index (χ4v) is 1.43. The third-order valence-electron chi connectivity index (χ3n) is 2.12. The molecule has 0 bridgehead atoms. The van der Waals surface area contributed by atoms with Gasteiger partial charge in [0.15, 0.2) is 0 Å². The Labute approximate surface area is 72.2 Å². The van der Waals surface area contributed by atoms with E-state index in [-0.39, 0.29) is 0 Å². The average molecular weight is 165 g/mol. The summed E-state index contributed by atoms with van der Waals surface area (Å²) in [6.07, 6.45) is 1.27. The first-order valence-electron chi connectivity index (χ1n) is 3.88. The lowest BCUT2D eigenvalue weighted by atomic mass is 9.98. The molecule has 0 aromatic heterocycles. The van der Waals surface area contributed by atoms with Crippen molar-refractivity contribution in [1.29, 1.82) is 0 Å². The van der Waals surface area contributed by atoms with E-state index < -0.39 is 0 Å². The van der Waals surface area contributed by atoms with Crippen molar-refractivity contribution in [3.8, 4) is 0 Å². The Morgan fingerprint density at radius 2 is 1.91 bits per heavy atom. The molecule has 1 aromatic carbocycles. The van der Waals surface area contributed by atoms with Crippen LogP contribution >= 0.6 is 12.6 Å². The first-order valence-corrected chi connectivity index (χ1v) is 4.33. The molecule has 1 aliphatic heterocycles. The van der Waals surface area contributed by atoms with Crippen molar-refractivity contribution in [3.63, 3.8) is 0 Å². The van der Waals surface area contributed by atoms with Gasteiger partial charge in [-0.25, -0.2) is 0 Å². The molecule has 1 aromatic rings. The topological polar surface area (TPSA) is 12.0 Å². The summed E-state index contributed by atoms with van der Waals surface area (Å²) in [6, 6.07) is 8.96. The minimum Gasteiger partial charge on any atom is -0.310 e. The van der Waals surface area contributed by atoms with Crippen LogP contribution < -0.4 is 5.32 Å². The van der Waals surface area contributed by atoms with Crippen molar-refractivity contribution in [1.82, 2.24) is 5.32 Å². The SMILES string of the molecule is Sc1ccc(C2CCN2)cc1. The van der Waals surface area contributed by atoms with E-state index in [1.807, 2.05) is 12.1 Å². The Kier molecular flexibility index (Phi) is 1.88. The second-order valence-electron chi connectivity index (χ2n) is 2.89. The molecule has 1 aliphatic rings. The maximum absolute atomic E-state index is 4.23. The Bertz CT molecular complexity index is 238. The van der Waals surface area contributed by atoms with Crippen LogP contribution in [0.1, 0.15) is 18.0 Å². The number of nitrogens with one attached hydrogen (secondary N) is 1. The van der Waals surface area contributed by atoms with E-state index in [1.54, 1.807) is 0 Å². The van der Waals surface area contributed by atoms with Crippen molar-refractivity contribution >= 4 is 12.6 Å². The van der Waals surface area contributed by atoms with Crippen LogP contribution in [0.25, 0.3) is 0 Å². The molecule has 11 heavy (non-hydrogen) atoms.